The number of aromatic nitrogens is 6. The smallest absolute Gasteiger partial charge is 0.268 e. The monoisotopic (exact) mass is 444 g/mol. The first-order valence-corrected chi connectivity index (χ1v) is 11.5. The summed E-state index contributed by atoms with van der Waals surface area (Å²) in [5.74, 6) is 1.12. The summed E-state index contributed by atoms with van der Waals surface area (Å²) in [5, 5.41) is 13.6. The Kier molecular flexibility index (Phi) is 5.11. The molecule has 3 heterocycles. The van der Waals surface area contributed by atoms with Gasteiger partial charge in [-0.1, -0.05) is 48.3 Å². The van der Waals surface area contributed by atoms with Crippen LogP contribution in [0.15, 0.2) is 40.3 Å². The van der Waals surface area contributed by atoms with E-state index in [0.717, 1.165) is 28.4 Å². The maximum atomic E-state index is 12.6. The summed E-state index contributed by atoms with van der Waals surface area (Å²) in [6, 6.07) is 9.91. The third kappa shape index (κ3) is 3.82. The number of H-pyrrole nitrogens is 1. The average Bonchev–Trinajstić information content (AvgIpc) is 3.46. The molecule has 0 atom stereocenters. The predicted octanol–water partition coefficient (Wildman–Crippen LogP) is 4.70. The quantitative estimate of drug-likeness (QED) is 0.449. The van der Waals surface area contributed by atoms with Crippen molar-refractivity contribution in [1.82, 2.24) is 30.2 Å². The molecule has 0 amide bonds. The molecule has 1 fully saturated rings. The molecule has 1 saturated carbocycles. The topological polar surface area (TPSA) is 89.4 Å². The van der Waals surface area contributed by atoms with Crippen LogP contribution in [0, 0.1) is 0 Å². The molecule has 3 aromatic heterocycles. The van der Waals surface area contributed by atoms with Gasteiger partial charge in [-0.05, 0) is 47.0 Å². The summed E-state index contributed by atoms with van der Waals surface area (Å²) in [6.45, 7) is 0. The molecule has 10 heteroatoms. The predicted molar refractivity (Wildman–Crippen MR) is 116 cm³/mol. The molecule has 0 spiro atoms. The number of nitrogens with one attached hydrogen (secondary N) is 1. The maximum Gasteiger partial charge on any atom is 0.268 e. The van der Waals surface area contributed by atoms with Crippen LogP contribution in [0.1, 0.15) is 37.5 Å². The lowest BCUT2D eigenvalue weighted by Crippen LogP contribution is -2.11. The van der Waals surface area contributed by atoms with Gasteiger partial charge < -0.3 is 4.98 Å². The van der Waals surface area contributed by atoms with Crippen molar-refractivity contribution < 1.29 is 0 Å². The Balaban J connectivity index is 1.39. The van der Waals surface area contributed by atoms with Gasteiger partial charge in [-0.3, -0.25) is 4.79 Å². The molecule has 148 valence electrons. The Hall–Kier alpha value is -2.23. The lowest BCUT2D eigenvalue weighted by molar-refractivity contribution is 0.423. The van der Waals surface area contributed by atoms with E-state index in [1.54, 1.807) is 0 Å². The van der Waals surface area contributed by atoms with Crippen molar-refractivity contribution in [3.05, 3.63) is 51.5 Å². The van der Waals surface area contributed by atoms with Gasteiger partial charge >= 0.3 is 0 Å². The fourth-order valence-electron chi connectivity index (χ4n) is 3.60. The molecule has 1 N–H and O–H groups in total. The normalized spacial score (nSPS) is 14.8. The molecule has 7 nitrogen and oxygen atoms in total. The number of fused-ring (bicyclic) bond motifs is 1. The number of aromatic amines is 1. The minimum absolute atomic E-state index is 0.119. The van der Waals surface area contributed by atoms with Gasteiger partial charge in [-0.15, -0.1) is 16.4 Å². The highest BCUT2D eigenvalue weighted by molar-refractivity contribution is 7.98. The molecule has 0 radical (unpaired) electrons. The highest BCUT2D eigenvalue weighted by Crippen LogP contribution is 2.33. The molecule has 29 heavy (non-hydrogen) atoms. The van der Waals surface area contributed by atoms with E-state index >= 15 is 0 Å². The van der Waals surface area contributed by atoms with Crippen molar-refractivity contribution in [2.75, 3.05) is 0 Å². The third-order valence-electron chi connectivity index (χ3n) is 5.03. The Bertz CT molecular complexity index is 1210. The van der Waals surface area contributed by atoms with Crippen LogP contribution in [0.3, 0.4) is 0 Å². The van der Waals surface area contributed by atoms with Crippen LogP contribution in [0.25, 0.3) is 20.7 Å². The second-order valence-electron chi connectivity index (χ2n) is 6.98. The van der Waals surface area contributed by atoms with E-state index < -0.39 is 0 Å². The molecule has 4 aromatic rings. The minimum Gasteiger partial charge on any atom is -0.309 e. The first-order valence-electron chi connectivity index (χ1n) is 9.37. The number of nitrogens with zero attached hydrogens (tertiary/aromatic N) is 5. The summed E-state index contributed by atoms with van der Waals surface area (Å²) in [4.78, 5) is 21.1. The van der Waals surface area contributed by atoms with E-state index in [-0.39, 0.29) is 5.56 Å². The van der Waals surface area contributed by atoms with Gasteiger partial charge in [0.25, 0.3) is 5.56 Å². The first-order chi connectivity index (χ1) is 14.2. The van der Waals surface area contributed by atoms with Crippen LogP contribution < -0.4 is 5.56 Å². The van der Waals surface area contributed by atoms with E-state index in [4.69, 9.17) is 11.6 Å². The molecule has 1 aliphatic carbocycles. The van der Waals surface area contributed by atoms with Gasteiger partial charge in [-0.25, -0.2) is 9.67 Å². The number of tetrazole rings is 1. The largest absolute Gasteiger partial charge is 0.309 e. The number of hydrogen-bond donors (Lipinski definition) is 1. The Labute approximate surface area is 179 Å². The zero-order chi connectivity index (χ0) is 19.8. The number of hydrogen-bond acceptors (Lipinski definition) is 7. The second kappa shape index (κ2) is 7.89. The summed E-state index contributed by atoms with van der Waals surface area (Å²) in [6.07, 6.45) is 4.66. The minimum atomic E-state index is -0.119. The molecule has 0 bridgehead atoms. The lowest BCUT2D eigenvalue weighted by Gasteiger charge is -2.10. The molecule has 0 unspecified atom stereocenters. The van der Waals surface area contributed by atoms with Crippen LogP contribution in [0.2, 0.25) is 5.02 Å². The number of thioether (sulfide) groups is 1. The second-order valence-corrected chi connectivity index (χ2v) is 9.41. The molecular formula is C19H17ClN6OS2. The van der Waals surface area contributed by atoms with Gasteiger partial charge in [0.15, 0.2) is 0 Å². The number of halogens is 1. The summed E-state index contributed by atoms with van der Waals surface area (Å²) < 4.78 is 2.54. The van der Waals surface area contributed by atoms with Crippen molar-refractivity contribution in [2.45, 2.75) is 42.6 Å². The van der Waals surface area contributed by atoms with Crippen LogP contribution in [0.4, 0.5) is 0 Å². The molecule has 0 aliphatic heterocycles. The van der Waals surface area contributed by atoms with Gasteiger partial charge in [0.05, 0.1) is 17.3 Å². The van der Waals surface area contributed by atoms with Gasteiger partial charge in [0, 0.05) is 9.90 Å². The fourth-order valence-corrected chi connectivity index (χ4v) is 5.54. The molecule has 5 rings (SSSR count). The van der Waals surface area contributed by atoms with E-state index in [1.807, 2.05) is 35.0 Å². The van der Waals surface area contributed by atoms with Crippen molar-refractivity contribution in [3.8, 4) is 10.4 Å². The number of rotatable bonds is 5. The Morgan fingerprint density at radius 3 is 2.83 bits per heavy atom. The number of benzene rings is 1. The standard InChI is InChI=1S/C19H17ClN6OS2/c20-12-7-5-11(6-8-12)15-9-14-17(29-15)18(27)22-16(21-14)10-28-19-23-24-25-26(19)13-3-1-2-4-13/h5-9,13H,1-4,10H2,(H,21,22,27). The molecule has 0 saturated heterocycles. The van der Waals surface area contributed by atoms with Crippen molar-refractivity contribution in [3.63, 3.8) is 0 Å². The molecule has 1 aromatic carbocycles. The van der Waals surface area contributed by atoms with E-state index in [0.29, 0.717) is 32.9 Å². The van der Waals surface area contributed by atoms with E-state index in [2.05, 4.69) is 25.5 Å². The van der Waals surface area contributed by atoms with Gasteiger partial charge in [-0.2, -0.15) is 0 Å². The zero-order valence-electron chi connectivity index (χ0n) is 15.3. The maximum absolute atomic E-state index is 12.6. The molecule has 1 aliphatic rings. The third-order valence-corrected chi connectivity index (χ3v) is 7.40. The van der Waals surface area contributed by atoms with E-state index in [9.17, 15) is 4.79 Å². The summed E-state index contributed by atoms with van der Waals surface area (Å²) in [5.41, 5.74) is 1.60. The average molecular weight is 445 g/mol. The van der Waals surface area contributed by atoms with Crippen molar-refractivity contribution >= 4 is 44.9 Å². The fraction of sp³-hybridized carbons (Fsp3) is 0.316. The highest BCUT2D eigenvalue weighted by atomic mass is 35.5. The van der Waals surface area contributed by atoms with Gasteiger partial charge in [0.2, 0.25) is 5.16 Å². The van der Waals surface area contributed by atoms with Crippen molar-refractivity contribution in [1.29, 1.82) is 0 Å². The van der Waals surface area contributed by atoms with Crippen molar-refractivity contribution in [2.24, 2.45) is 0 Å². The number of thiophene rings is 1. The van der Waals surface area contributed by atoms with Crippen LogP contribution in [-0.4, -0.2) is 30.2 Å². The van der Waals surface area contributed by atoms with Crippen LogP contribution in [0.5, 0.6) is 0 Å². The molecular weight excluding hydrogens is 428 g/mol. The summed E-state index contributed by atoms with van der Waals surface area (Å²) in [7, 11) is 0. The Morgan fingerprint density at radius 1 is 1.24 bits per heavy atom. The SMILES string of the molecule is O=c1[nH]c(CSc2nnnn2C2CCCC2)nc2cc(-c3ccc(Cl)cc3)sc12. The Morgan fingerprint density at radius 2 is 2.03 bits per heavy atom. The zero-order valence-corrected chi connectivity index (χ0v) is 17.7. The van der Waals surface area contributed by atoms with Gasteiger partial charge in [0.1, 0.15) is 10.5 Å². The highest BCUT2D eigenvalue weighted by Gasteiger charge is 2.22. The van der Waals surface area contributed by atoms with Crippen LogP contribution in [-0.2, 0) is 5.75 Å². The first kappa shape index (κ1) is 18.8. The summed E-state index contributed by atoms with van der Waals surface area (Å²) >= 11 is 8.90. The van der Waals surface area contributed by atoms with Crippen LogP contribution >= 0.6 is 34.7 Å². The lowest BCUT2D eigenvalue weighted by atomic mass is 10.2. The van der Waals surface area contributed by atoms with E-state index in [1.165, 1.54) is 35.9 Å².